The molecule has 0 aliphatic carbocycles. The van der Waals surface area contributed by atoms with E-state index >= 15 is 0 Å². The van der Waals surface area contributed by atoms with Crippen LogP contribution in [-0.4, -0.2) is 6.61 Å². The molecular formula is C22H15Br2F3O3. The van der Waals surface area contributed by atoms with E-state index in [0.717, 1.165) is 6.07 Å². The molecule has 0 atom stereocenters. The molecule has 0 aliphatic rings. The maximum absolute atomic E-state index is 13.5. The Morgan fingerprint density at radius 2 is 1.37 bits per heavy atom. The standard InChI is InChI=1S/C22H15Br2F3O3/c23-21(24)11-12-28-20-10-9-18(14-19(20)22(25,26)27)30-17-8-4-7-16(13-17)29-15-5-2-1-3-6-15/h1-11,13-14H,12H2. The average Bonchev–Trinajstić information content (AvgIpc) is 2.69. The lowest BCUT2D eigenvalue weighted by molar-refractivity contribution is -0.139. The molecule has 0 saturated carbocycles. The van der Waals surface area contributed by atoms with E-state index in [1.165, 1.54) is 12.1 Å². The molecule has 0 spiro atoms. The fourth-order valence-corrected chi connectivity index (χ4v) is 2.74. The number of rotatable bonds is 7. The molecule has 0 radical (unpaired) electrons. The highest BCUT2D eigenvalue weighted by Gasteiger charge is 2.35. The third kappa shape index (κ3) is 6.53. The predicted molar refractivity (Wildman–Crippen MR) is 116 cm³/mol. The highest BCUT2D eigenvalue weighted by Crippen LogP contribution is 2.39. The first-order valence-corrected chi connectivity index (χ1v) is 10.3. The third-order valence-corrected chi connectivity index (χ3v) is 4.40. The van der Waals surface area contributed by atoms with E-state index in [9.17, 15) is 13.2 Å². The lowest BCUT2D eigenvalue weighted by atomic mass is 10.2. The van der Waals surface area contributed by atoms with E-state index < -0.39 is 11.7 Å². The van der Waals surface area contributed by atoms with Gasteiger partial charge in [-0.3, -0.25) is 0 Å². The maximum Gasteiger partial charge on any atom is 0.420 e. The Hall–Kier alpha value is -2.45. The van der Waals surface area contributed by atoms with Gasteiger partial charge in [0.05, 0.1) is 3.39 Å². The summed E-state index contributed by atoms with van der Waals surface area (Å²) in [4.78, 5) is 0. The van der Waals surface area contributed by atoms with Crippen LogP contribution in [0.15, 0.2) is 82.3 Å². The largest absolute Gasteiger partial charge is 0.489 e. The molecule has 30 heavy (non-hydrogen) atoms. The molecular weight excluding hydrogens is 529 g/mol. The molecule has 3 aromatic rings. The number of ether oxygens (including phenoxy) is 3. The van der Waals surface area contributed by atoms with Gasteiger partial charge < -0.3 is 14.2 Å². The zero-order chi connectivity index (χ0) is 21.6. The summed E-state index contributed by atoms with van der Waals surface area (Å²) in [5.74, 6) is 1.23. The summed E-state index contributed by atoms with van der Waals surface area (Å²) in [6.45, 7) is -0.0337. The van der Waals surface area contributed by atoms with E-state index in [1.807, 2.05) is 18.2 Å². The third-order valence-electron chi connectivity index (χ3n) is 3.75. The van der Waals surface area contributed by atoms with Gasteiger partial charge in [0.25, 0.3) is 0 Å². The van der Waals surface area contributed by atoms with Crippen molar-refractivity contribution in [3.8, 4) is 28.7 Å². The van der Waals surface area contributed by atoms with Crippen molar-refractivity contribution < 1.29 is 27.4 Å². The molecule has 0 fully saturated rings. The van der Waals surface area contributed by atoms with Crippen molar-refractivity contribution in [2.45, 2.75) is 6.18 Å². The predicted octanol–water partition coefficient (Wildman–Crippen LogP) is 8.30. The van der Waals surface area contributed by atoms with Crippen molar-refractivity contribution in [1.29, 1.82) is 0 Å². The zero-order valence-electron chi connectivity index (χ0n) is 15.3. The second kappa shape index (κ2) is 10.0. The summed E-state index contributed by atoms with van der Waals surface area (Å²) in [5, 5.41) is 0. The second-order valence-electron chi connectivity index (χ2n) is 5.95. The van der Waals surface area contributed by atoms with E-state index in [1.54, 1.807) is 42.5 Å². The van der Waals surface area contributed by atoms with Gasteiger partial charge in [-0.1, -0.05) is 24.3 Å². The molecule has 0 bridgehead atoms. The Bertz CT molecular complexity index is 1020. The number of halogens is 5. The summed E-state index contributed by atoms with van der Waals surface area (Å²) < 4.78 is 57.6. The Balaban J connectivity index is 1.79. The molecule has 3 aromatic carbocycles. The van der Waals surface area contributed by atoms with Gasteiger partial charge in [-0.15, -0.1) is 0 Å². The Kier molecular flexibility index (Phi) is 7.44. The fourth-order valence-electron chi connectivity index (χ4n) is 2.48. The van der Waals surface area contributed by atoms with Gasteiger partial charge in [-0.05, 0) is 80.4 Å². The molecule has 0 aromatic heterocycles. The summed E-state index contributed by atoms with van der Waals surface area (Å²) in [6, 6.07) is 19.4. The SMILES string of the molecule is FC(F)(F)c1cc(Oc2cccc(Oc3ccccc3)c2)ccc1OCC=C(Br)Br. The normalized spacial score (nSPS) is 11.0. The van der Waals surface area contributed by atoms with Crippen LogP contribution in [0.4, 0.5) is 13.2 Å². The van der Waals surface area contributed by atoms with Gasteiger partial charge in [-0.25, -0.2) is 0 Å². The minimum Gasteiger partial charge on any atom is -0.489 e. The summed E-state index contributed by atoms with van der Waals surface area (Å²) >= 11 is 6.25. The summed E-state index contributed by atoms with van der Waals surface area (Å²) in [6.07, 6.45) is -3.05. The van der Waals surface area contributed by atoms with Crippen LogP contribution in [0.2, 0.25) is 0 Å². The number of para-hydroxylation sites is 1. The van der Waals surface area contributed by atoms with Crippen LogP contribution in [0.25, 0.3) is 0 Å². The maximum atomic E-state index is 13.5. The minimum absolute atomic E-state index is 0.0313. The van der Waals surface area contributed by atoms with Crippen LogP contribution in [0.3, 0.4) is 0 Å². The van der Waals surface area contributed by atoms with Gasteiger partial charge in [0.15, 0.2) is 0 Å². The molecule has 0 heterocycles. The Morgan fingerprint density at radius 3 is 2.00 bits per heavy atom. The van der Waals surface area contributed by atoms with Crippen LogP contribution in [0.1, 0.15) is 5.56 Å². The van der Waals surface area contributed by atoms with Crippen molar-refractivity contribution in [2.75, 3.05) is 6.61 Å². The van der Waals surface area contributed by atoms with E-state index in [4.69, 9.17) is 14.2 Å². The van der Waals surface area contributed by atoms with Crippen LogP contribution in [-0.2, 0) is 6.18 Å². The van der Waals surface area contributed by atoms with Gasteiger partial charge >= 0.3 is 6.18 Å². The summed E-state index contributed by atoms with van der Waals surface area (Å²) in [5.41, 5.74) is -0.921. The number of benzene rings is 3. The quantitative estimate of drug-likeness (QED) is 0.300. The molecule has 8 heteroatoms. The number of alkyl halides is 3. The van der Waals surface area contributed by atoms with E-state index in [-0.39, 0.29) is 18.1 Å². The fraction of sp³-hybridized carbons (Fsp3) is 0.0909. The molecule has 0 amide bonds. The first-order chi connectivity index (χ1) is 14.3. The highest BCUT2D eigenvalue weighted by atomic mass is 79.9. The smallest absolute Gasteiger partial charge is 0.420 e. The van der Waals surface area contributed by atoms with Crippen molar-refractivity contribution in [3.05, 3.63) is 87.8 Å². The second-order valence-corrected chi connectivity index (χ2v) is 8.73. The average molecular weight is 544 g/mol. The Labute approximate surface area is 188 Å². The first-order valence-electron chi connectivity index (χ1n) is 8.67. The molecule has 156 valence electrons. The molecule has 0 N–H and O–H groups in total. The first kappa shape index (κ1) is 22.2. The lowest BCUT2D eigenvalue weighted by Gasteiger charge is -2.15. The zero-order valence-corrected chi connectivity index (χ0v) is 18.5. The van der Waals surface area contributed by atoms with E-state index in [2.05, 4.69) is 31.9 Å². The van der Waals surface area contributed by atoms with Crippen molar-refractivity contribution in [3.63, 3.8) is 0 Å². The van der Waals surface area contributed by atoms with Gasteiger partial charge in [-0.2, -0.15) is 13.2 Å². The van der Waals surface area contributed by atoms with Gasteiger partial charge in [0, 0.05) is 6.07 Å². The van der Waals surface area contributed by atoms with Crippen molar-refractivity contribution in [2.24, 2.45) is 0 Å². The molecule has 0 unspecified atom stereocenters. The summed E-state index contributed by atoms with van der Waals surface area (Å²) in [7, 11) is 0. The highest BCUT2D eigenvalue weighted by molar-refractivity contribution is 9.28. The minimum atomic E-state index is -4.59. The van der Waals surface area contributed by atoms with Gasteiger partial charge in [0.1, 0.15) is 40.9 Å². The molecule has 3 rings (SSSR count). The lowest BCUT2D eigenvalue weighted by Crippen LogP contribution is -2.09. The van der Waals surface area contributed by atoms with Crippen molar-refractivity contribution >= 4 is 31.9 Å². The van der Waals surface area contributed by atoms with Crippen LogP contribution in [0.5, 0.6) is 28.7 Å². The molecule has 0 aliphatic heterocycles. The molecule has 0 saturated heterocycles. The molecule has 3 nitrogen and oxygen atoms in total. The number of hydrogen-bond acceptors (Lipinski definition) is 3. The topological polar surface area (TPSA) is 27.7 Å². The van der Waals surface area contributed by atoms with Gasteiger partial charge in [0.2, 0.25) is 0 Å². The van der Waals surface area contributed by atoms with Crippen LogP contribution >= 0.6 is 31.9 Å². The van der Waals surface area contributed by atoms with Crippen LogP contribution < -0.4 is 14.2 Å². The van der Waals surface area contributed by atoms with Crippen LogP contribution in [0, 0.1) is 0 Å². The Morgan fingerprint density at radius 1 is 0.767 bits per heavy atom. The number of hydrogen-bond donors (Lipinski definition) is 0. The van der Waals surface area contributed by atoms with E-state index in [0.29, 0.717) is 20.6 Å². The monoisotopic (exact) mass is 542 g/mol. The van der Waals surface area contributed by atoms with Crippen molar-refractivity contribution in [1.82, 2.24) is 0 Å².